The molecular weight excluding hydrogens is 1060 g/mol. The van der Waals surface area contributed by atoms with Crippen molar-refractivity contribution in [2.24, 2.45) is 0 Å². The molecule has 1 aliphatic rings. The first-order valence-corrected chi connectivity index (χ1v) is 36.4. The van der Waals surface area contributed by atoms with Gasteiger partial charge in [-0.2, -0.15) is 0 Å². The summed E-state index contributed by atoms with van der Waals surface area (Å²) in [6.45, 7) is 5.80. The number of rotatable bonds is 63. The van der Waals surface area contributed by atoms with Crippen molar-refractivity contribution in [3.63, 3.8) is 0 Å². The Morgan fingerprint density at radius 2 is 0.812 bits per heavy atom. The molecule has 498 valence electrons. The molecule has 0 bridgehead atoms. The minimum absolute atomic E-state index is 0.110. The van der Waals surface area contributed by atoms with E-state index in [4.69, 9.17) is 14.2 Å². The van der Waals surface area contributed by atoms with E-state index in [1.54, 1.807) is 6.08 Å². The zero-order chi connectivity index (χ0) is 61.7. The molecule has 11 heteroatoms. The van der Waals surface area contributed by atoms with Crippen LogP contribution in [0.5, 0.6) is 0 Å². The van der Waals surface area contributed by atoms with Crippen LogP contribution in [0.25, 0.3) is 0 Å². The lowest BCUT2D eigenvalue weighted by atomic mass is 9.99. The van der Waals surface area contributed by atoms with Crippen LogP contribution in [0.1, 0.15) is 348 Å². The molecule has 0 aromatic heterocycles. The average Bonchev–Trinajstić information content (AvgIpc) is 2.90. The third kappa shape index (κ3) is 49.1. The van der Waals surface area contributed by atoms with Gasteiger partial charge in [-0.1, -0.05) is 326 Å². The number of aliphatic hydroxyl groups is 5. The molecule has 6 N–H and O–H groups in total. The van der Waals surface area contributed by atoms with E-state index in [-0.39, 0.29) is 13.0 Å². The number of carbonyl (C=O) groups is 2. The molecule has 0 aliphatic carbocycles. The lowest BCUT2D eigenvalue weighted by molar-refractivity contribution is -0.305. The molecule has 0 aromatic carbocycles. The third-order valence-electron chi connectivity index (χ3n) is 17.2. The Labute approximate surface area is 523 Å². The van der Waals surface area contributed by atoms with Crippen LogP contribution in [0, 0.1) is 0 Å². The van der Waals surface area contributed by atoms with E-state index in [0.717, 1.165) is 89.9 Å². The maximum Gasteiger partial charge on any atom is 0.306 e. The van der Waals surface area contributed by atoms with Gasteiger partial charge >= 0.3 is 5.97 Å². The van der Waals surface area contributed by atoms with Gasteiger partial charge in [0.2, 0.25) is 5.91 Å². The first kappa shape index (κ1) is 80.6. The molecule has 1 fully saturated rings. The molecule has 85 heavy (non-hydrogen) atoms. The molecule has 0 saturated carbocycles. The first-order valence-electron chi connectivity index (χ1n) is 36.4. The summed E-state index contributed by atoms with van der Waals surface area (Å²) >= 11 is 0. The summed E-state index contributed by atoms with van der Waals surface area (Å²) in [6, 6.07) is -1.03. The minimum atomic E-state index is -1.62. The van der Waals surface area contributed by atoms with Crippen LogP contribution in [0.2, 0.25) is 0 Å². The molecule has 0 aromatic rings. The van der Waals surface area contributed by atoms with Gasteiger partial charge in [0.05, 0.1) is 25.4 Å². The summed E-state index contributed by atoms with van der Waals surface area (Å²) in [6.07, 6.45) is 67.4. The molecular formula is C74H137NO10. The SMILES string of the molecule is CCCCC/C=C\C/C=C\C/C=C\CCCCCCCCC(=O)OC1C(OCC(NC(=O)C(O)CCCCCCCCCCCCCCCCCCCCCCCCCCCC)C(O)/C=C/CCCCCCCCCCC)OC(CO)C(O)C1O. The molecule has 1 saturated heterocycles. The van der Waals surface area contributed by atoms with Crippen LogP contribution >= 0.6 is 0 Å². The van der Waals surface area contributed by atoms with E-state index >= 15 is 0 Å². The summed E-state index contributed by atoms with van der Waals surface area (Å²) in [7, 11) is 0. The second-order valence-electron chi connectivity index (χ2n) is 25.3. The molecule has 11 nitrogen and oxygen atoms in total. The van der Waals surface area contributed by atoms with Crippen molar-refractivity contribution < 1.29 is 49.3 Å². The van der Waals surface area contributed by atoms with E-state index in [2.05, 4.69) is 62.5 Å². The highest BCUT2D eigenvalue weighted by Gasteiger charge is 2.47. The number of esters is 1. The van der Waals surface area contributed by atoms with Gasteiger partial charge < -0.3 is 45.1 Å². The summed E-state index contributed by atoms with van der Waals surface area (Å²) in [5, 5.41) is 57.2. The Hall–Kier alpha value is -2.38. The standard InChI is InChI=1S/C74H137NO10/c1-4-7-10-13-16-19-22-24-26-28-30-31-32-33-34-35-36-38-39-41-43-46-49-52-55-58-61-67(78)73(82)75-65(66(77)60-57-54-51-48-45-21-18-15-12-9-6-3)64-83-74-72(71(81)70(80)68(63-76)84-74)85-69(79)62-59-56-53-50-47-44-42-40-37-29-27-25-23-20-17-14-11-8-5-2/h17,20,25,27,37,40,57,60,65-68,70-72,74,76-78,80-81H,4-16,18-19,21-24,26,28-36,38-39,41-56,58-59,61-64H2,1-3H3,(H,75,82)/b20-17-,27-25-,40-37-,60-57+. The van der Waals surface area contributed by atoms with Gasteiger partial charge in [0.1, 0.15) is 24.4 Å². The van der Waals surface area contributed by atoms with E-state index in [1.807, 2.05) is 6.08 Å². The van der Waals surface area contributed by atoms with Crippen LogP contribution in [-0.4, -0.2) is 99.6 Å². The third-order valence-corrected chi connectivity index (χ3v) is 17.2. The number of carbonyl (C=O) groups excluding carboxylic acids is 2. The van der Waals surface area contributed by atoms with Gasteiger partial charge in [-0.3, -0.25) is 9.59 Å². The van der Waals surface area contributed by atoms with Gasteiger partial charge in [-0.25, -0.2) is 0 Å². The quantitative estimate of drug-likeness (QED) is 0.0195. The van der Waals surface area contributed by atoms with Crippen LogP contribution in [-0.2, 0) is 23.8 Å². The number of unbranched alkanes of at least 4 members (excludes halogenated alkanes) is 43. The van der Waals surface area contributed by atoms with Crippen LogP contribution in [0.4, 0.5) is 0 Å². The Morgan fingerprint density at radius 1 is 0.459 bits per heavy atom. The predicted molar refractivity (Wildman–Crippen MR) is 357 cm³/mol. The minimum Gasteiger partial charge on any atom is -0.454 e. The maximum atomic E-state index is 13.5. The lowest BCUT2D eigenvalue weighted by Crippen LogP contribution is -2.61. The summed E-state index contributed by atoms with van der Waals surface area (Å²) < 4.78 is 17.7. The van der Waals surface area contributed by atoms with Crippen LogP contribution < -0.4 is 5.32 Å². The van der Waals surface area contributed by atoms with Gasteiger partial charge in [-0.05, 0) is 64.2 Å². The fourth-order valence-corrected chi connectivity index (χ4v) is 11.5. The lowest BCUT2D eigenvalue weighted by Gasteiger charge is -2.41. The second kappa shape index (κ2) is 61.8. The Balaban J connectivity index is 2.53. The second-order valence-corrected chi connectivity index (χ2v) is 25.3. The largest absolute Gasteiger partial charge is 0.454 e. The van der Waals surface area contributed by atoms with Crippen molar-refractivity contribution in [3.05, 3.63) is 48.6 Å². The molecule has 8 unspecified atom stereocenters. The summed E-state index contributed by atoms with van der Waals surface area (Å²) in [4.78, 5) is 26.7. The number of hydrogen-bond donors (Lipinski definition) is 6. The molecule has 1 heterocycles. The molecule has 8 atom stereocenters. The topological polar surface area (TPSA) is 175 Å². The molecule has 0 radical (unpaired) electrons. The van der Waals surface area contributed by atoms with Gasteiger partial charge in [-0.15, -0.1) is 0 Å². The average molecular weight is 1200 g/mol. The summed E-state index contributed by atoms with van der Waals surface area (Å²) in [5.74, 6) is -1.19. The number of hydrogen-bond acceptors (Lipinski definition) is 10. The Bertz CT molecular complexity index is 1570. The van der Waals surface area contributed by atoms with Gasteiger partial charge in [0.25, 0.3) is 0 Å². The molecule has 1 aliphatic heterocycles. The Morgan fingerprint density at radius 3 is 1.24 bits per heavy atom. The fourth-order valence-electron chi connectivity index (χ4n) is 11.5. The van der Waals surface area contributed by atoms with E-state index in [0.29, 0.717) is 19.3 Å². The van der Waals surface area contributed by atoms with Crippen molar-refractivity contribution >= 4 is 11.9 Å². The van der Waals surface area contributed by atoms with Crippen LogP contribution in [0.3, 0.4) is 0 Å². The first-order chi connectivity index (χ1) is 41.7. The van der Waals surface area contributed by atoms with E-state index in [9.17, 15) is 35.1 Å². The number of ether oxygens (including phenoxy) is 3. The zero-order valence-corrected chi connectivity index (χ0v) is 55.5. The number of allylic oxidation sites excluding steroid dienone is 7. The van der Waals surface area contributed by atoms with Crippen molar-refractivity contribution in [1.29, 1.82) is 0 Å². The number of amides is 1. The predicted octanol–water partition coefficient (Wildman–Crippen LogP) is 18.7. The van der Waals surface area contributed by atoms with E-state index in [1.165, 1.54) is 212 Å². The van der Waals surface area contributed by atoms with E-state index < -0.39 is 67.4 Å². The number of aliphatic hydroxyl groups excluding tert-OH is 5. The van der Waals surface area contributed by atoms with Crippen molar-refractivity contribution in [2.45, 2.75) is 397 Å². The van der Waals surface area contributed by atoms with Crippen molar-refractivity contribution in [1.82, 2.24) is 5.32 Å². The molecule has 1 amide bonds. The highest BCUT2D eigenvalue weighted by Crippen LogP contribution is 2.26. The van der Waals surface area contributed by atoms with Crippen molar-refractivity contribution in [3.8, 4) is 0 Å². The zero-order valence-electron chi connectivity index (χ0n) is 55.5. The Kier molecular flexibility index (Phi) is 58.7. The highest BCUT2D eigenvalue weighted by atomic mass is 16.7. The number of nitrogens with one attached hydrogen (secondary N) is 1. The normalized spacial score (nSPS) is 18.6. The smallest absolute Gasteiger partial charge is 0.306 e. The van der Waals surface area contributed by atoms with Crippen molar-refractivity contribution in [2.75, 3.05) is 13.2 Å². The monoisotopic (exact) mass is 1200 g/mol. The fraction of sp³-hybridized carbons (Fsp3) is 0.865. The molecule has 0 spiro atoms. The maximum absolute atomic E-state index is 13.5. The van der Waals surface area contributed by atoms with Gasteiger partial charge in [0.15, 0.2) is 12.4 Å². The van der Waals surface area contributed by atoms with Crippen LogP contribution in [0.15, 0.2) is 48.6 Å². The molecule has 1 rings (SSSR count). The highest BCUT2D eigenvalue weighted by molar-refractivity contribution is 5.80. The summed E-state index contributed by atoms with van der Waals surface area (Å²) in [5.41, 5.74) is 0. The van der Waals surface area contributed by atoms with Gasteiger partial charge in [0, 0.05) is 6.42 Å².